The highest BCUT2D eigenvalue weighted by Crippen LogP contribution is 2.14. The lowest BCUT2D eigenvalue weighted by molar-refractivity contribution is -0.0286. The van der Waals surface area contributed by atoms with E-state index in [9.17, 15) is 0 Å². The van der Waals surface area contributed by atoms with Gasteiger partial charge in [-0.1, -0.05) is 20.3 Å². The molecular weight excluding hydrogens is 220 g/mol. The molecule has 0 aromatic carbocycles. The highest BCUT2D eigenvalue weighted by atomic mass is 32.1. The fraction of sp³-hybridized carbons (Fsp3) is 0.917. The predicted octanol–water partition coefficient (Wildman–Crippen LogP) is 2.16. The van der Waals surface area contributed by atoms with Crippen LogP contribution in [0.25, 0.3) is 0 Å². The Hall–Kier alpha value is -0.350. The Balaban J connectivity index is 2.43. The maximum absolute atomic E-state index is 5.66. The van der Waals surface area contributed by atoms with Crippen molar-refractivity contribution in [1.29, 1.82) is 0 Å². The summed E-state index contributed by atoms with van der Waals surface area (Å²) in [4.78, 5) is 2.29. The molecule has 0 amide bonds. The summed E-state index contributed by atoms with van der Waals surface area (Å²) in [7, 11) is 0. The van der Waals surface area contributed by atoms with Gasteiger partial charge in [0.15, 0.2) is 5.11 Å². The molecule has 4 heteroatoms. The molecule has 1 aliphatic rings. The molecular formula is C12H24N2OS. The molecule has 1 heterocycles. The zero-order valence-corrected chi connectivity index (χ0v) is 11.5. The Labute approximate surface area is 105 Å². The van der Waals surface area contributed by atoms with Crippen molar-refractivity contribution in [2.24, 2.45) is 0 Å². The Bertz CT molecular complexity index is 223. The number of hydrogen-bond donors (Lipinski definition) is 1. The number of hydrogen-bond acceptors (Lipinski definition) is 2. The third-order valence-electron chi connectivity index (χ3n) is 3.01. The Morgan fingerprint density at radius 1 is 1.50 bits per heavy atom. The van der Waals surface area contributed by atoms with Crippen molar-refractivity contribution >= 4 is 17.3 Å². The van der Waals surface area contributed by atoms with Crippen molar-refractivity contribution in [2.45, 2.75) is 52.2 Å². The van der Waals surface area contributed by atoms with E-state index in [0.717, 1.165) is 31.2 Å². The highest BCUT2D eigenvalue weighted by molar-refractivity contribution is 7.80. The summed E-state index contributed by atoms with van der Waals surface area (Å²) < 4.78 is 5.66. The molecule has 1 fully saturated rings. The van der Waals surface area contributed by atoms with Gasteiger partial charge in [-0.05, 0) is 32.0 Å². The third kappa shape index (κ3) is 3.91. The first-order valence-corrected chi connectivity index (χ1v) is 6.75. The first-order chi connectivity index (χ1) is 7.69. The summed E-state index contributed by atoms with van der Waals surface area (Å²) in [5, 5.41) is 4.24. The number of ether oxygens (including phenoxy) is 1. The van der Waals surface area contributed by atoms with Crippen molar-refractivity contribution in [2.75, 3.05) is 19.7 Å². The number of unbranched alkanes of at least 4 members (excludes halogenated alkanes) is 1. The second kappa shape index (κ2) is 7.07. The third-order valence-corrected chi connectivity index (χ3v) is 3.39. The normalized spacial score (nSPS) is 25.6. The SMILES string of the molecule is CCCCNC(=S)N1CC(C)OCC1CC. The van der Waals surface area contributed by atoms with E-state index in [1.165, 1.54) is 12.8 Å². The van der Waals surface area contributed by atoms with E-state index >= 15 is 0 Å². The van der Waals surface area contributed by atoms with Crippen LogP contribution >= 0.6 is 12.2 Å². The number of rotatable bonds is 4. The van der Waals surface area contributed by atoms with Gasteiger partial charge in [0.05, 0.1) is 18.8 Å². The van der Waals surface area contributed by atoms with Gasteiger partial charge in [0.2, 0.25) is 0 Å². The molecule has 0 bridgehead atoms. The van der Waals surface area contributed by atoms with Crippen LogP contribution in [0.1, 0.15) is 40.0 Å². The van der Waals surface area contributed by atoms with E-state index < -0.39 is 0 Å². The number of thiocarbonyl (C=S) groups is 1. The Morgan fingerprint density at radius 3 is 2.88 bits per heavy atom. The number of nitrogens with one attached hydrogen (secondary N) is 1. The Kier molecular flexibility index (Phi) is 6.06. The molecule has 16 heavy (non-hydrogen) atoms. The standard InChI is InChI=1S/C12H24N2OS/c1-4-6-7-13-12(16)14-8-10(3)15-9-11(14)5-2/h10-11H,4-9H2,1-3H3,(H,13,16). The second-order valence-electron chi connectivity index (χ2n) is 4.44. The summed E-state index contributed by atoms with van der Waals surface area (Å²) in [6.07, 6.45) is 3.75. The largest absolute Gasteiger partial charge is 0.375 e. The summed E-state index contributed by atoms with van der Waals surface area (Å²) >= 11 is 5.44. The van der Waals surface area contributed by atoms with Gasteiger partial charge in [-0.15, -0.1) is 0 Å². The second-order valence-corrected chi connectivity index (χ2v) is 4.83. The van der Waals surface area contributed by atoms with Crippen molar-refractivity contribution in [3.05, 3.63) is 0 Å². The van der Waals surface area contributed by atoms with Gasteiger partial charge in [-0.25, -0.2) is 0 Å². The lowest BCUT2D eigenvalue weighted by Gasteiger charge is -2.40. The lowest BCUT2D eigenvalue weighted by atomic mass is 10.1. The van der Waals surface area contributed by atoms with Crippen LogP contribution in [0.3, 0.4) is 0 Å². The fourth-order valence-electron chi connectivity index (χ4n) is 1.90. The molecule has 0 aliphatic carbocycles. The first-order valence-electron chi connectivity index (χ1n) is 6.35. The molecule has 2 unspecified atom stereocenters. The van der Waals surface area contributed by atoms with Crippen molar-refractivity contribution in [3.8, 4) is 0 Å². The van der Waals surface area contributed by atoms with E-state index in [2.05, 4.69) is 31.0 Å². The number of nitrogens with zero attached hydrogens (tertiary/aromatic N) is 1. The van der Waals surface area contributed by atoms with Gasteiger partial charge in [0.25, 0.3) is 0 Å². The highest BCUT2D eigenvalue weighted by Gasteiger charge is 2.26. The first kappa shape index (κ1) is 13.7. The molecule has 1 N–H and O–H groups in total. The van der Waals surface area contributed by atoms with E-state index in [1.54, 1.807) is 0 Å². The van der Waals surface area contributed by atoms with Crippen LogP contribution in [0.2, 0.25) is 0 Å². The molecule has 1 aliphatic heterocycles. The quantitative estimate of drug-likeness (QED) is 0.605. The van der Waals surface area contributed by atoms with Crippen molar-refractivity contribution < 1.29 is 4.74 Å². The van der Waals surface area contributed by atoms with Crippen LogP contribution in [0.5, 0.6) is 0 Å². The van der Waals surface area contributed by atoms with Crippen molar-refractivity contribution in [3.63, 3.8) is 0 Å². The topological polar surface area (TPSA) is 24.5 Å². The van der Waals surface area contributed by atoms with Gasteiger partial charge in [0.1, 0.15) is 0 Å². The molecule has 3 nitrogen and oxygen atoms in total. The predicted molar refractivity (Wildman–Crippen MR) is 71.7 cm³/mol. The minimum atomic E-state index is 0.286. The zero-order chi connectivity index (χ0) is 12.0. The van der Waals surface area contributed by atoms with Gasteiger partial charge in [-0.3, -0.25) is 0 Å². The van der Waals surface area contributed by atoms with Gasteiger partial charge < -0.3 is 15.0 Å². The maximum Gasteiger partial charge on any atom is 0.169 e. The molecule has 2 atom stereocenters. The summed E-state index contributed by atoms with van der Waals surface area (Å²) in [6, 6.07) is 0.442. The number of morpholine rings is 1. The van der Waals surface area contributed by atoms with Crippen LogP contribution in [-0.4, -0.2) is 41.9 Å². The van der Waals surface area contributed by atoms with E-state index in [-0.39, 0.29) is 6.10 Å². The van der Waals surface area contributed by atoms with Gasteiger partial charge in [0, 0.05) is 13.1 Å². The van der Waals surface area contributed by atoms with Gasteiger partial charge in [-0.2, -0.15) is 0 Å². The van der Waals surface area contributed by atoms with E-state index in [0.29, 0.717) is 6.04 Å². The van der Waals surface area contributed by atoms with Crippen LogP contribution in [0.15, 0.2) is 0 Å². The zero-order valence-electron chi connectivity index (χ0n) is 10.7. The van der Waals surface area contributed by atoms with E-state index in [4.69, 9.17) is 17.0 Å². The summed E-state index contributed by atoms with van der Waals surface area (Å²) in [6.45, 7) is 9.18. The van der Waals surface area contributed by atoms with Crippen molar-refractivity contribution in [1.82, 2.24) is 10.2 Å². The van der Waals surface area contributed by atoms with Crippen LogP contribution < -0.4 is 5.32 Å². The molecule has 0 spiro atoms. The smallest absolute Gasteiger partial charge is 0.169 e. The van der Waals surface area contributed by atoms with Gasteiger partial charge >= 0.3 is 0 Å². The molecule has 0 saturated carbocycles. The van der Waals surface area contributed by atoms with Crippen LogP contribution in [-0.2, 0) is 4.74 Å². The minimum absolute atomic E-state index is 0.286. The lowest BCUT2D eigenvalue weighted by Crippen LogP contribution is -2.54. The van der Waals surface area contributed by atoms with E-state index in [1.807, 2.05) is 0 Å². The maximum atomic E-state index is 5.66. The average molecular weight is 244 g/mol. The molecule has 1 saturated heterocycles. The molecule has 1 rings (SSSR count). The molecule has 94 valence electrons. The van der Waals surface area contributed by atoms with Crippen LogP contribution in [0, 0.1) is 0 Å². The summed E-state index contributed by atoms with van der Waals surface area (Å²) in [5.41, 5.74) is 0. The Morgan fingerprint density at radius 2 is 2.25 bits per heavy atom. The molecule has 0 radical (unpaired) electrons. The fourth-order valence-corrected chi connectivity index (χ4v) is 2.23. The van der Waals surface area contributed by atoms with Crippen LogP contribution in [0.4, 0.5) is 0 Å². The molecule has 0 aromatic heterocycles. The minimum Gasteiger partial charge on any atom is -0.375 e. The molecule has 0 aromatic rings. The monoisotopic (exact) mass is 244 g/mol. The average Bonchev–Trinajstić information content (AvgIpc) is 2.29. The summed E-state index contributed by atoms with van der Waals surface area (Å²) in [5.74, 6) is 0.